The van der Waals surface area contributed by atoms with E-state index in [1.807, 2.05) is 0 Å². The third-order valence-corrected chi connectivity index (χ3v) is 5.71. The summed E-state index contributed by atoms with van der Waals surface area (Å²) < 4.78 is 0. The molecule has 4 rings (SSSR count). The van der Waals surface area contributed by atoms with E-state index in [0.717, 1.165) is 31.9 Å². The number of aromatic amines is 1. The van der Waals surface area contributed by atoms with Crippen LogP contribution in [0.15, 0.2) is 71.5 Å². The van der Waals surface area contributed by atoms with Crippen LogP contribution in [-0.2, 0) is 5.41 Å². The van der Waals surface area contributed by atoms with E-state index in [2.05, 4.69) is 96.2 Å². The van der Waals surface area contributed by atoms with Gasteiger partial charge in [-0.15, -0.1) is 0 Å². The van der Waals surface area contributed by atoms with Crippen molar-refractivity contribution < 1.29 is 0 Å². The van der Waals surface area contributed by atoms with Crippen molar-refractivity contribution in [2.45, 2.75) is 32.2 Å². The number of benzene rings is 2. The molecule has 1 aliphatic heterocycles. The summed E-state index contributed by atoms with van der Waals surface area (Å²) in [6.45, 7) is 9.71. The fraction of sp³-hybridized carbons (Fsp3) is 0.360. The Labute approximate surface area is 178 Å². The minimum atomic E-state index is -0.156. The molecule has 0 bridgehead atoms. The van der Waals surface area contributed by atoms with E-state index in [0.29, 0.717) is 5.95 Å². The molecular weight excluding hydrogens is 372 g/mol. The van der Waals surface area contributed by atoms with Gasteiger partial charge in [0.2, 0.25) is 5.95 Å². The maximum atomic E-state index is 12.2. The highest BCUT2D eigenvalue weighted by Gasteiger charge is 2.28. The largest absolute Gasteiger partial charge is 0.340 e. The van der Waals surface area contributed by atoms with E-state index in [4.69, 9.17) is 4.98 Å². The zero-order valence-electron chi connectivity index (χ0n) is 18.0. The van der Waals surface area contributed by atoms with Gasteiger partial charge in [0.25, 0.3) is 5.56 Å². The first-order chi connectivity index (χ1) is 14.4. The molecular formula is C25H30N4O. The number of rotatable bonds is 4. The van der Waals surface area contributed by atoms with Crippen LogP contribution in [0.4, 0.5) is 5.95 Å². The highest BCUT2D eigenvalue weighted by atomic mass is 16.1. The molecule has 0 radical (unpaired) electrons. The Hall–Kier alpha value is -2.92. The van der Waals surface area contributed by atoms with E-state index < -0.39 is 0 Å². The standard InChI is InChI=1S/C25H30N4O/c1-25(2,3)21-18-22(30)27-24(26-21)29-16-14-28(15-17-29)23(19-10-6-4-7-11-19)20-12-8-5-9-13-20/h4-13,18,23H,14-17H2,1-3H3,(H,26,27,30). The molecule has 0 saturated carbocycles. The van der Waals surface area contributed by atoms with Crippen molar-refractivity contribution in [3.05, 3.63) is 93.9 Å². The summed E-state index contributed by atoms with van der Waals surface area (Å²) in [5.41, 5.74) is 3.20. The maximum Gasteiger partial charge on any atom is 0.252 e. The van der Waals surface area contributed by atoms with Crippen LogP contribution in [0.25, 0.3) is 0 Å². The average Bonchev–Trinajstić information content (AvgIpc) is 2.75. The number of H-pyrrole nitrogens is 1. The second kappa shape index (κ2) is 8.44. The van der Waals surface area contributed by atoms with Gasteiger partial charge < -0.3 is 4.90 Å². The van der Waals surface area contributed by atoms with Crippen molar-refractivity contribution in [2.24, 2.45) is 0 Å². The molecule has 1 fully saturated rings. The fourth-order valence-electron chi connectivity index (χ4n) is 4.06. The van der Waals surface area contributed by atoms with Crippen LogP contribution in [-0.4, -0.2) is 41.0 Å². The third-order valence-electron chi connectivity index (χ3n) is 5.71. The van der Waals surface area contributed by atoms with Crippen molar-refractivity contribution in [2.75, 3.05) is 31.1 Å². The van der Waals surface area contributed by atoms with Gasteiger partial charge >= 0.3 is 0 Å². The Morgan fingerprint density at radius 1 is 0.867 bits per heavy atom. The quantitative estimate of drug-likeness (QED) is 0.717. The minimum Gasteiger partial charge on any atom is -0.340 e. The summed E-state index contributed by atoms with van der Waals surface area (Å²) in [4.78, 5) is 24.6. The Morgan fingerprint density at radius 3 is 1.90 bits per heavy atom. The predicted molar refractivity (Wildman–Crippen MR) is 122 cm³/mol. The molecule has 3 aromatic rings. The molecule has 1 N–H and O–H groups in total. The average molecular weight is 403 g/mol. The Morgan fingerprint density at radius 2 is 1.40 bits per heavy atom. The highest BCUT2D eigenvalue weighted by molar-refractivity contribution is 5.35. The number of hydrogen-bond acceptors (Lipinski definition) is 4. The molecule has 2 heterocycles. The molecule has 5 heteroatoms. The van der Waals surface area contributed by atoms with E-state index in [-0.39, 0.29) is 17.0 Å². The molecule has 0 spiro atoms. The number of aromatic nitrogens is 2. The van der Waals surface area contributed by atoms with Gasteiger partial charge in [0.05, 0.1) is 11.7 Å². The first-order valence-electron chi connectivity index (χ1n) is 10.6. The molecule has 156 valence electrons. The topological polar surface area (TPSA) is 52.2 Å². The zero-order chi connectivity index (χ0) is 21.1. The summed E-state index contributed by atoms with van der Waals surface area (Å²) in [6, 6.07) is 23.2. The summed E-state index contributed by atoms with van der Waals surface area (Å²) in [5, 5.41) is 0. The minimum absolute atomic E-state index is 0.0844. The van der Waals surface area contributed by atoms with Gasteiger partial charge in [0, 0.05) is 37.7 Å². The summed E-state index contributed by atoms with van der Waals surface area (Å²) in [5.74, 6) is 0.683. The second-order valence-electron chi connectivity index (χ2n) is 8.95. The molecule has 30 heavy (non-hydrogen) atoms. The van der Waals surface area contributed by atoms with Crippen molar-refractivity contribution in [1.29, 1.82) is 0 Å². The SMILES string of the molecule is CC(C)(C)c1cc(=O)[nH]c(N2CCN(C(c3ccccc3)c3ccccc3)CC2)n1. The first kappa shape index (κ1) is 20.4. The number of hydrogen-bond donors (Lipinski definition) is 1. The lowest BCUT2D eigenvalue weighted by molar-refractivity contribution is 0.211. The third kappa shape index (κ3) is 4.46. The van der Waals surface area contributed by atoms with E-state index in [1.165, 1.54) is 11.1 Å². The molecule has 2 aromatic carbocycles. The van der Waals surface area contributed by atoms with Gasteiger partial charge in [-0.3, -0.25) is 14.7 Å². The number of anilines is 1. The van der Waals surface area contributed by atoms with Crippen LogP contribution in [0.3, 0.4) is 0 Å². The second-order valence-corrected chi connectivity index (χ2v) is 8.95. The van der Waals surface area contributed by atoms with Gasteiger partial charge in [-0.1, -0.05) is 81.4 Å². The fourth-order valence-corrected chi connectivity index (χ4v) is 4.06. The van der Waals surface area contributed by atoms with Crippen LogP contribution in [0.1, 0.15) is 43.6 Å². The van der Waals surface area contributed by atoms with Crippen LogP contribution >= 0.6 is 0 Å². The van der Waals surface area contributed by atoms with Crippen LogP contribution in [0, 0.1) is 0 Å². The molecule has 1 aromatic heterocycles. The molecule has 5 nitrogen and oxygen atoms in total. The van der Waals surface area contributed by atoms with Crippen LogP contribution in [0.5, 0.6) is 0 Å². The van der Waals surface area contributed by atoms with Crippen molar-refractivity contribution >= 4 is 5.95 Å². The number of piperazine rings is 1. The Bertz CT molecular complexity index is 977. The smallest absolute Gasteiger partial charge is 0.252 e. The van der Waals surface area contributed by atoms with Crippen molar-refractivity contribution in [3.8, 4) is 0 Å². The van der Waals surface area contributed by atoms with E-state index >= 15 is 0 Å². The molecule has 0 aliphatic carbocycles. The Kier molecular flexibility index (Phi) is 5.73. The monoisotopic (exact) mass is 402 g/mol. The summed E-state index contributed by atoms with van der Waals surface area (Å²) >= 11 is 0. The van der Waals surface area contributed by atoms with Gasteiger partial charge in [-0.05, 0) is 11.1 Å². The lowest BCUT2D eigenvalue weighted by Gasteiger charge is -2.40. The van der Waals surface area contributed by atoms with Crippen LogP contribution in [0.2, 0.25) is 0 Å². The Balaban J connectivity index is 1.56. The molecule has 1 aliphatic rings. The van der Waals surface area contributed by atoms with Gasteiger partial charge in [0.15, 0.2) is 0 Å². The van der Waals surface area contributed by atoms with E-state index in [1.54, 1.807) is 6.07 Å². The molecule has 0 atom stereocenters. The van der Waals surface area contributed by atoms with Crippen LogP contribution < -0.4 is 10.5 Å². The lowest BCUT2D eigenvalue weighted by Crippen LogP contribution is -2.48. The molecule has 0 amide bonds. The highest BCUT2D eigenvalue weighted by Crippen LogP contribution is 2.30. The van der Waals surface area contributed by atoms with E-state index in [9.17, 15) is 4.79 Å². The lowest BCUT2D eigenvalue weighted by atomic mass is 9.92. The molecule has 0 unspecified atom stereocenters. The van der Waals surface area contributed by atoms with Gasteiger partial charge in [-0.2, -0.15) is 0 Å². The van der Waals surface area contributed by atoms with Gasteiger partial charge in [0.1, 0.15) is 0 Å². The number of nitrogens with one attached hydrogen (secondary N) is 1. The zero-order valence-corrected chi connectivity index (χ0v) is 18.0. The predicted octanol–water partition coefficient (Wildman–Crippen LogP) is 3.98. The normalized spacial score (nSPS) is 15.5. The van der Waals surface area contributed by atoms with Gasteiger partial charge in [-0.25, -0.2) is 4.98 Å². The molecule has 1 saturated heterocycles. The van der Waals surface area contributed by atoms with Crippen molar-refractivity contribution in [3.63, 3.8) is 0 Å². The number of nitrogens with zero attached hydrogens (tertiary/aromatic N) is 3. The summed E-state index contributed by atoms with van der Waals surface area (Å²) in [6.07, 6.45) is 0. The first-order valence-corrected chi connectivity index (χ1v) is 10.6. The van der Waals surface area contributed by atoms with Crippen molar-refractivity contribution in [1.82, 2.24) is 14.9 Å². The maximum absolute atomic E-state index is 12.2. The summed E-state index contributed by atoms with van der Waals surface area (Å²) in [7, 11) is 0.